The topological polar surface area (TPSA) is 98.5 Å². The Kier molecular flexibility index (Phi) is 7.75. The minimum absolute atomic E-state index is 0.0796. The summed E-state index contributed by atoms with van der Waals surface area (Å²) >= 11 is 0. The van der Waals surface area contributed by atoms with Gasteiger partial charge in [-0.25, -0.2) is 0 Å². The van der Waals surface area contributed by atoms with Crippen LogP contribution in [0.3, 0.4) is 0 Å². The van der Waals surface area contributed by atoms with E-state index in [-0.39, 0.29) is 18.9 Å². The maximum Gasteiger partial charge on any atom is 0.308 e. The molecule has 0 fully saturated rings. The van der Waals surface area contributed by atoms with Gasteiger partial charge in [0.25, 0.3) is 0 Å². The summed E-state index contributed by atoms with van der Waals surface area (Å²) in [6.45, 7) is 3.61. The van der Waals surface area contributed by atoms with E-state index in [1.54, 1.807) is 13.8 Å². The second kappa shape index (κ2) is 10.3. The van der Waals surface area contributed by atoms with E-state index in [0.29, 0.717) is 0 Å². The van der Waals surface area contributed by atoms with Crippen molar-refractivity contribution in [2.45, 2.75) is 32.2 Å². The summed E-state index contributed by atoms with van der Waals surface area (Å²) in [5.74, 6) is -2.63. The number of esters is 1. The van der Waals surface area contributed by atoms with Gasteiger partial charge < -0.3 is 15.8 Å². The number of primary amides is 1. The van der Waals surface area contributed by atoms with Gasteiger partial charge in [-0.15, -0.1) is 0 Å². The zero-order chi connectivity index (χ0) is 20.5. The summed E-state index contributed by atoms with van der Waals surface area (Å²) in [5.41, 5.74) is 7.08. The zero-order valence-corrected chi connectivity index (χ0v) is 16.1. The van der Waals surface area contributed by atoms with Crippen LogP contribution in [0.1, 0.15) is 37.3 Å². The number of ether oxygens (including phenoxy) is 1. The molecule has 0 heterocycles. The van der Waals surface area contributed by atoms with E-state index in [4.69, 9.17) is 10.5 Å². The maximum absolute atomic E-state index is 13.1. The second-order valence-electron chi connectivity index (χ2n) is 6.61. The second-order valence-corrected chi connectivity index (χ2v) is 6.61. The first-order valence-corrected chi connectivity index (χ1v) is 9.30. The van der Waals surface area contributed by atoms with Crippen molar-refractivity contribution in [3.63, 3.8) is 0 Å². The van der Waals surface area contributed by atoms with Crippen molar-refractivity contribution in [3.05, 3.63) is 71.8 Å². The molecule has 0 spiro atoms. The van der Waals surface area contributed by atoms with E-state index in [9.17, 15) is 14.4 Å². The number of amides is 2. The van der Waals surface area contributed by atoms with Crippen molar-refractivity contribution < 1.29 is 19.1 Å². The van der Waals surface area contributed by atoms with Crippen molar-refractivity contribution in [2.75, 3.05) is 6.61 Å². The standard InChI is InChI=1S/C22H26N2O4/c1-3-28-22(27)15(2)14-18(20(23)25)24-21(26)19(16-10-6-4-7-11-16)17-12-8-5-9-13-17/h4-13,15,18-19H,3,14H2,1-2H3,(H2,23,25)(H,24,26)/t15-,18+/m0/s1. The van der Waals surface area contributed by atoms with Crippen LogP contribution in [0.4, 0.5) is 0 Å². The van der Waals surface area contributed by atoms with Crippen molar-refractivity contribution in [1.82, 2.24) is 5.32 Å². The van der Waals surface area contributed by atoms with Gasteiger partial charge in [-0.2, -0.15) is 0 Å². The number of nitrogens with two attached hydrogens (primary N) is 1. The molecule has 2 aromatic carbocycles. The molecule has 2 atom stereocenters. The highest BCUT2D eigenvalue weighted by atomic mass is 16.5. The lowest BCUT2D eigenvalue weighted by Gasteiger charge is -2.23. The molecule has 2 aromatic rings. The van der Waals surface area contributed by atoms with Gasteiger partial charge in [-0.1, -0.05) is 67.6 Å². The van der Waals surface area contributed by atoms with Crippen LogP contribution in [0.25, 0.3) is 0 Å². The highest BCUT2D eigenvalue weighted by molar-refractivity contribution is 5.92. The van der Waals surface area contributed by atoms with Crippen molar-refractivity contribution in [3.8, 4) is 0 Å². The molecular formula is C22H26N2O4. The van der Waals surface area contributed by atoms with E-state index in [1.165, 1.54) is 0 Å². The fourth-order valence-electron chi connectivity index (χ4n) is 3.02. The molecule has 2 amide bonds. The van der Waals surface area contributed by atoms with Gasteiger partial charge in [0.2, 0.25) is 11.8 Å². The van der Waals surface area contributed by atoms with Crippen molar-refractivity contribution in [2.24, 2.45) is 11.7 Å². The molecule has 0 unspecified atom stereocenters. The third-order valence-electron chi connectivity index (χ3n) is 4.47. The molecule has 0 aliphatic rings. The van der Waals surface area contributed by atoms with Crippen LogP contribution in [-0.2, 0) is 19.1 Å². The number of carbonyl (C=O) groups is 3. The van der Waals surface area contributed by atoms with Gasteiger partial charge in [0.1, 0.15) is 6.04 Å². The number of carbonyl (C=O) groups excluding carboxylic acids is 3. The molecule has 3 N–H and O–H groups in total. The minimum atomic E-state index is -0.971. The molecule has 0 aliphatic carbocycles. The molecule has 0 aromatic heterocycles. The molecule has 6 nitrogen and oxygen atoms in total. The normalized spacial score (nSPS) is 12.8. The van der Waals surface area contributed by atoms with Crippen LogP contribution in [0, 0.1) is 5.92 Å². The van der Waals surface area contributed by atoms with Gasteiger partial charge >= 0.3 is 5.97 Å². The lowest BCUT2D eigenvalue weighted by molar-refractivity contribution is -0.148. The summed E-state index contributed by atoms with van der Waals surface area (Å²) in [4.78, 5) is 36.9. The fourth-order valence-corrected chi connectivity index (χ4v) is 3.02. The SMILES string of the molecule is CCOC(=O)[C@@H](C)C[C@@H](NC(=O)C(c1ccccc1)c1ccccc1)C(N)=O. The number of nitrogens with one attached hydrogen (secondary N) is 1. The quantitative estimate of drug-likeness (QED) is 0.651. The Morgan fingerprint density at radius 1 is 0.964 bits per heavy atom. The number of rotatable bonds is 9. The summed E-state index contributed by atoms with van der Waals surface area (Å²) in [5, 5.41) is 2.72. The third kappa shape index (κ3) is 5.67. The number of hydrogen-bond acceptors (Lipinski definition) is 4. The first kappa shape index (κ1) is 21.2. The van der Waals surface area contributed by atoms with Crippen LogP contribution < -0.4 is 11.1 Å². The van der Waals surface area contributed by atoms with Crippen LogP contribution in [0.15, 0.2) is 60.7 Å². The maximum atomic E-state index is 13.1. The largest absolute Gasteiger partial charge is 0.466 e. The van der Waals surface area contributed by atoms with Crippen LogP contribution >= 0.6 is 0 Å². The van der Waals surface area contributed by atoms with E-state index in [1.807, 2.05) is 60.7 Å². The Hall–Kier alpha value is -3.15. The monoisotopic (exact) mass is 382 g/mol. The molecule has 0 radical (unpaired) electrons. The average Bonchev–Trinajstić information content (AvgIpc) is 2.69. The first-order valence-electron chi connectivity index (χ1n) is 9.30. The first-order chi connectivity index (χ1) is 13.4. The van der Waals surface area contributed by atoms with Crippen LogP contribution in [0.2, 0.25) is 0 Å². The van der Waals surface area contributed by atoms with Gasteiger partial charge in [0.15, 0.2) is 0 Å². The van der Waals surface area contributed by atoms with Crippen molar-refractivity contribution >= 4 is 17.8 Å². The summed E-state index contributed by atoms with van der Waals surface area (Å²) in [6, 6.07) is 17.6. The Labute approximate surface area is 165 Å². The Morgan fingerprint density at radius 3 is 1.89 bits per heavy atom. The van der Waals surface area contributed by atoms with E-state index < -0.39 is 29.8 Å². The fraction of sp³-hybridized carbons (Fsp3) is 0.318. The Balaban J connectivity index is 2.23. The van der Waals surface area contributed by atoms with Gasteiger partial charge in [-0.3, -0.25) is 14.4 Å². The molecule has 148 valence electrons. The molecule has 28 heavy (non-hydrogen) atoms. The predicted molar refractivity (Wildman–Crippen MR) is 106 cm³/mol. The predicted octanol–water partition coefficient (Wildman–Crippen LogP) is 2.38. The average molecular weight is 382 g/mol. The molecule has 0 bridgehead atoms. The Bertz CT molecular complexity index is 753. The minimum Gasteiger partial charge on any atom is -0.466 e. The molecular weight excluding hydrogens is 356 g/mol. The highest BCUT2D eigenvalue weighted by Crippen LogP contribution is 2.25. The summed E-state index contributed by atoms with van der Waals surface area (Å²) in [6.07, 6.45) is 0.0796. The molecule has 0 aliphatic heterocycles. The molecule has 0 saturated carbocycles. The van der Waals surface area contributed by atoms with Gasteiger partial charge in [0.05, 0.1) is 18.4 Å². The van der Waals surface area contributed by atoms with Gasteiger partial charge in [0, 0.05) is 0 Å². The zero-order valence-electron chi connectivity index (χ0n) is 16.1. The van der Waals surface area contributed by atoms with E-state index in [2.05, 4.69) is 5.32 Å². The molecule has 2 rings (SSSR count). The van der Waals surface area contributed by atoms with Crippen LogP contribution in [-0.4, -0.2) is 30.4 Å². The van der Waals surface area contributed by atoms with Crippen LogP contribution in [0.5, 0.6) is 0 Å². The third-order valence-corrected chi connectivity index (χ3v) is 4.47. The Morgan fingerprint density at radius 2 is 1.46 bits per heavy atom. The van der Waals surface area contributed by atoms with E-state index in [0.717, 1.165) is 11.1 Å². The highest BCUT2D eigenvalue weighted by Gasteiger charge is 2.29. The summed E-state index contributed by atoms with van der Waals surface area (Å²) in [7, 11) is 0. The van der Waals surface area contributed by atoms with Gasteiger partial charge in [-0.05, 0) is 24.5 Å². The molecule has 0 saturated heterocycles. The number of benzene rings is 2. The summed E-state index contributed by atoms with van der Waals surface area (Å²) < 4.78 is 4.97. The van der Waals surface area contributed by atoms with Crippen molar-refractivity contribution in [1.29, 1.82) is 0 Å². The van der Waals surface area contributed by atoms with E-state index >= 15 is 0 Å². The smallest absolute Gasteiger partial charge is 0.308 e. The lowest BCUT2D eigenvalue weighted by Crippen LogP contribution is -2.47. The number of hydrogen-bond donors (Lipinski definition) is 2. The lowest BCUT2D eigenvalue weighted by atomic mass is 9.90. The molecule has 6 heteroatoms.